The van der Waals surface area contributed by atoms with E-state index in [2.05, 4.69) is 36.6 Å². The largest absolute Gasteiger partial charge is 0.481 e. The number of hydrogen-bond donors (Lipinski definition) is 5. The first-order valence-electron chi connectivity index (χ1n) is 18.1. The number of thiazole rings is 1. The summed E-state index contributed by atoms with van der Waals surface area (Å²) in [6.45, 7) is 7.79. The molecule has 0 unspecified atom stereocenters. The first kappa shape index (κ1) is 42.2. The Morgan fingerprint density at radius 3 is 2.30 bits per heavy atom. The molecule has 2 bridgehead atoms. The quantitative estimate of drug-likeness (QED) is 0.205. The topological polar surface area (TPSA) is 184 Å². The summed E-state index contributed by atoms with van der Waals surface area (Å²) in [7, 11) is 1.54. The molecule has 14 nitrogen and oxygen atoms in total. The Hall–Kier alpha value is -4.54. The molecule has 54 heavy (non-hydrogen) atoms. The molecule has 0 spiro atoms. The molecule has 16 heteroatoms. The van der Waals surface area contributed by atoms with E-state index in [9.17, 15) is 24.0 Å². The molecule has 3 aromatic rings. The van der Waals surface area contributed by atoms with Gasteiger partial charge in [0.25, 0.3) is 5.91 Å². The number of carbonyl (C=O) groups excluding carboxylic acids is 5. The third-order valence-corrected chi connectivity index (χ3v) is 10.5. The molecule has 0 radical (unpaired) electrons. The number of fused-ring (bicyclic) bond motifs is 2. The molecule has 5 atom stereocenters. The molecule has 4 rings (SSSR count). The van der Waals surface area contributed by atoms with E-state index in [1.54, 1.807) is 43.4 Å². The van der Waals surface area contributed by atoms with Crippen molar-refractivity contribution in [1.82, 2.24) is 41.5 Å². The summed E-state index contributed by atoms with van der Waals surface area (Å²) in [6.07, 6.45) is 4.68. The summed E-state index contributed by atoms with van der Waals surface area (Å²) >= 11 is 2.79. The van der Waals surface area contributed by atoms with Gasteiger partial charge in [-0.15, -0.1) is 11.3 Å². The first-order valence-corrected chi connectivity index (χ1v) is 20.4. The van der Waals surface area contributed by atoms with Gasteiger partial charge in [-0.05, 0) is 55.2 Å². The van der Waals surface area contributed by atoms with Crippen molar-refractivity contribution in [2.75, 3.05) is 32.2 Å². The van der Waals surface area contributed by atoms with Crippen LogP contribution in [0.1, 0.15) is 73.2 Å². The summed E-state index contributed by atoms with van der Waals surface area (Å²) in [4.78, 5) is 78.8. The van der Waals surface area contributed by atoms with Gasteiger partial charge in [-0.3, -0.25) is 28.9 Å². The molecule has 0 aliphatic carbocycles. The Balaban J connectivity index is 1.74. The molecule has 5 amide bonds. The van der Waals surface area contributed by atoms with E-state index in [0.29, 0.717) is 36.0 Å². The highest BCUT2D eigenvalue weighted by atomic mass is 32.2. The van der Waals surface area contributed by atoms with Gasteiger partial charge in [0, 0.05) is 36.8 Å². The van der Waals surface area contributed by atoms with E-state index in [1.807, 2.05) is 61.4 Å². The highest BCUT2D eigenvalue weighted by Gasteiger charge is 2.31. The fourth-order valence-corrected chi connectivity index (χ4v) is 7.47. The highest BCUT2D eigenvalue weighted by molar-refractivity contribution is 7.98. The lowest BCUT2D eigenvalue weighted by Gasteiger charge is -2.30. The van der Waals surface area contributed by atoms with Crippen LogP contribution in [-0.4, -0.2) is 101 Å². The predicted molar refractivity (Wildman–Crippen MR) is 210 cm³/mol. The molecular formula is C38H52N8O6S2. The molecule has 0 saturated carbocycles. The van der Waals surface area contributed by atoms with Crippen LogP contribution in [0.5, 0.6) is 5.88 Å². The zero-order valence-electron chi connectivity index (χ0n) is 31.7. The minimum atomic E-state index is -0.986. The standard InChI is InChI=1S/C38H52N8O6S2/c1-7-28-35(49)43-29(15-16-53-6)36(50)41-27(17-25-11-9-8-10-12-25)20-46(19-26-13-14-32(52-5)39-18-26)21-31(47)45-33(23(2)3)38-44-30(22-54-38)37(51)40-24(4)34(48)42-28/h8-14,18,22-24,27-29,33H,7,15-17,19-21H2,1-6H3,(H,40,51)(H,41,50)(H,42,48)(H,43,49)(H,45,47)/t24-,27+,28+,29+,33+/m1/s1. The van der Waals surface area contributed by atoms with Gasteiger partial charge in [0.15, 0.2) is 0 Å². The van der Waals surface area contributed by atoms with E-state index in [1.165, 1.54) is 18.3 Å². The number of pyridine rings is 1. The van der Waals surface area contributed by atoms with E-state index in [4.69, 9.17) is 4.74 Å². The average Bonchev–Trinajstić information content (AvgIpc) is 3.64. The van der Waals surface area contributed by atoms with Crippen molar-refractivity contribution >= 4 is 52.6 Å². The lowest BCUT2D eigenvalue weighted by molar-refractivity contribution is -0.132. The molecule has 5 N–H and O–H groups in total. The van der Waals surface area contributed by atoms with Gasteiger partial charge in [0.2, 0.25) is 29.5 Å². The summed E-state index contributed by atoms with van der Waals surface area (Å²) in [6, 6.07) is 9.59. The lowest BCUT2D eigenvalue weighted by Crippen LogP contribution is -2.57. The molecule has 0 saturated heterocycles. The number of carbonyl (C=O) groups is 5. The van der Waals surface area contributed by atoms with E-state index in [0.717, 1.165) is 11.1 Å². The van der Waals surface area contributed by atoms with Gasteiger partial charge in [0.05, 0.1) is 19.7 Å². The average molecular weight is 781 g/mol. The Labute approximate surface area is 325 Å². The molecule has 1 aliphatic heterocycles. The second kappa shape index (κ2) is 20.8. The maximum atomic E-state index is 14.1. The van der Waals surface area contributed by atoms with Crippen molar-refractivity contribution in [1.29, 1.82) is 0 Å². The van der Waals surface area contributed by atoms with Crippen LogP contribution in [0, 0.1) is 5.92 Å². The smallest absolute Gasteiger partial charge is 0.271 e. The van der Waals surface area contributed by atoms with Crippen LogP contribution in [0.15, 0.2) is 54.0 Å². The number of benzene rings is 1. The van der Waals surface area contributed by atoms with E-state index < -0.39 is 47.9 Å². The minimum absolute atomic E-state index is 0.0226. The maximum absolute atomic E-state index is 14.1. The van der Waals surface area contributed by atoms with Crippen molar-refractivity contribution in [3.8, 4) is 5.88 Å². The Kier molecular flexibility index (Phi) is 16.2. The number of methoxy groups -OCH3 is 1. The Morgan fingerprint density at radius 1 is 0.926 bits per heavy atom. The highest BCUT2D eigenvalue weighted by Crippen LogP contribution is 2.25. The number of nitrogens with one attached hydrogen (secondary N) is 5. The van der Waals surface area contributed by atoms with Gasteiger partial charge in [-0.1, -0.05) is 57.2 Å². The molecule has 0 fully saturated rings. The van der Waals surface area contributed by atoms with Crippen LogP contribution < -0.4 is 31.3 Å². The lowest BCUT2D eigenvalue weighted by atomic mass is 10.0. The van der Waals surface area contributed by atoms with Crippen molar-refractivity contribution < 1.29 is 28.7 Å². The van der Waals surface area contributed by atoms with Crippen molar-refractivity contribution in [2.45, 2.75) is 83.7 Å². The number of thioether (sulfide) groups is 1. The number of hydrogen-bond acceptors (Lipinski definition) is 11. The Bertz CT molecular complexity index is 1710. The van der Waals surface area contributed by atoms with Gasteiger partial charge < -0.3 is 31.3 Å². The number of rotatable bonds is 10. The number of nitrogens with zero attached hydrogens (tertiary/aromatic N) is 3. The third kappa shape index (κ3) is 12.5. The second-order valence-corrected chi connectivity index (χ2v) is 15.5. The number of aromatic nitrogens is 2. The zero-order chi connectivity index (χ0) is 39.2. The normalized spacial score (nSPS) is 22.6. The molecular weight excluding hydrogens is 729 g/mol. The number of ether oxygens (including phenoxy) is 1. The third-order valence-electron chi connectivity index (χ3n) is 8.96. The van der Waals surface area contributed by atoms with Crippen molar-refractivity contribution in [2.24, 2.45) is 5.92 Å². The molecule has 3 heterocycles. The predicted octanol–water partition coefficient (Wildman–Crippen LogP) is 2.85. The minimum Gasteiger partial charge on any atom is -0.481 e. The fourth-order valence-electron chi connectivity index (χ4n) is 5.97. The van der Waals surface area contributed by atoms with Crippen LogP contribution in [0.2, 0.25) is 0 Å². The van der Waals surface area contributed by atoms with Gasteiger partial charge in [-0.25, -0.2) is 9.97 Å². The van der Waals surface area contributed by atoms with Crippen molar-refractivity contribution in [3.63, 3.8) is 0 Å². The monoisotopic (exact) mass is 780 g/mol. The first-order chi connectivity index (χ1) is 25.9. The summed E-state index contributed by atoms with van der Waals surface area (Å²) in [5, 5.41) is 16.7. The van der Waals surface area contributed by atoms with Crippen LogP contribution in [0.4, 0.5) is 0 Å². The zero-order valence-corrected chi connectivity index (χ0v) is 33.4. The fraction of sp³-hybridized carbons (Fsp3) is 0.500. The van der Waals surface area contributed by atoms with Crippen LogP contribution in [0.3, 0.4) is 0 Å². The molecule has 1 aliphatic rings. The SMILES string of the molecule is CC[C@@H]1NC(=O)[C@@H](C)NC(=O)c2csc(n2)[C@H](C(C)C)NC(=O)CN(Cc2ccc(OC)nc2)C[C@H](Cc2ccccc2)NC(=O)[C@H](CCSC)NC1=O. The molecule has 1 aromatic carbocycles. The summed E-state index contributed by atoms with van der Waals surface area (Å²) in [5.74, 6) is -1.28. The van der Waals surface area contributed by atoms with Crippen LogP contribution >= 0.6 is 23.1 Å². The number of amides is 5. The van der Waals surface area contributed by atoms with Crippen LogP contribution in [0.25, 0.3) is 0 Å². The molecule has 2 aromatic heterocycles. The van der Waals surface area contributed by atoms with Crippen molar-refractivity contribution in [3.05, 3.63) is 75.9 Å². The maximum Gasteiger partial charge on any atom is 0.271 e. The van der Waals surface area contributed by atoms with Gasteiger partial charge in [-0.2, -0.15) is 11.8 Å². The summed E-state index contributed by atoms with van der Waals surface area (Å²) < 4.78 is 5.25. The van der Waals surface area contributed by atoms with E-state index >= 15 is 0 Å². The van der Waals surface area contributed by atoms with Gasteiger partial charge in [0.1, 0.15) is 28.8 Å². The van der Waals surface area contributed by atoms with Crippen LogP contribution in [-0.2, 0) is 32.1 Å². The second-order valence-electron chi connectivity index (χ2n) is 13.6. The van der Waals surface area contributed by atoms with E-state index in [-0.39, 0.29) is 42.9 Å². The Morgan fingerprint density at radius 2 is 1.65 bits per heavy atom. The molecule has 292 valence electrons. The summed E-state index contributed by atoms with van der Waals surface area (Å²) in [5.41, 5.74) is 1.93. The van der Waals surface area contributed by atoms with Gasteiger partial charge >= 0.3 is 0 Å².